The minimum absolute atomic E-state index is 0.134. The Balaban J connectivity index is 2.06. The molecule has 1 unspecified atom stereocenters. The Kier molecular flexibility index (Phi) is 5.88. The number of nitrogens with zero attached hydrogens (tertiary/aromatic N) is 3. The third-order valence-corrected chi connectivity index (χ3v) is 7.31. The van der Waals surface area contributed by atoms with Gasteiger partial charge < -0.3 is 10.5 Å². The molecule has 2 N–H and O–H groups in total. The first kappa shape index (κ1) is 22.2. The Morgan fingerprint density at radius 3 is 2.57 bits per heavy atom. The normalized spacial score (nSPS) is 17.8. The van der Waals surface area contributed by atoms with Gasteiger partial charge in [-0.1, -0.05) is 26.8 Å². The first-order chi connectivity index (χ1) is 14.0. The van der Waals surface area contributed by atoms with E-state index in [0.29, 0.717) is 36.7 Å². The number of methoxy groups -OCH3 is 1. The molecular weight excluding hydrogens is 404 g/mol. The Labute approximate surface area is 177 Å². The minimum atomic E-state index is -3.86. The summed E-state index contributed by atoms with van der Waals surface area (Å²) in [7, 11) is -2.40. The van der Waals surface area contributed by atoms with Gasteiger partial charge in [-0.2, -0.15) is 4.31 Å². The van der Waals surface area contributed by atoms with Crippen molar-refractivity contribution >= 4 is 15.9 Å². The first-order valence-electron chi connectivity index (χ1n) is 9.80. The molecule has 1 fully saturated rings. The van der Waals surface area contributed by atoms with Crippen LogP contribution in [-0.2, 0) is 15.4 Å². The Morgan fingerprint density at radius 1 is 1.30 bits per heavy atom. The molecule has 9 heteroatoms. The highest BCUT2D eigenvalue weighted by atomic mass is 32.2. The van der Waals surface area contributed by atoms with Crippen LogP contribution in [0.4, 0.5) is 0 Å². The molecular formula is C21H28N4O4S. The van der Waals surface area contributed by atoms with E-state index in [1.807, 2.05) is 26.8 Å². The molecule has 8 nitrogen and oxygen atoms in total. The maximum absolute atomic E-state index is 13.7. The molecule has 0 aliphatic carbocycles. The highest BCUT2D eigenvalue weighted by Gasteiger charge is 2.39. The molecule has 2 aromatic rings. The molecule has 30 heavy (non-hydrogen) atoms. The number of sulfonamides is 1. The molecule has 0 bridgehead atoms. The summed E-state index contributed by atoms with van der Waals surface area (Å²) >= 11 is 0. The van der Waals surface area contributed by atoms with E-state index in [-0.39, 0.29) is 15.9 Å². The number of rotatable bonds is 5. The smallest absolute Gasteiger partial charge is 0.252 e. The van der Waals surface area contributed by atoms with Crippen molar-refractivity contribution in [3.8, 4) is 5.75 Å². The van der Waals surface area contributed by atoms with Crippen molar-refractivity contribution in [1.29, 1.82) is 0 Å². The van der Waals surface area contributed by atoms with E-state index in [9.17, 15) is 13.2 Å². The third-order valence-electron chi connectivity index (χ3n) is 5.38. The zero-order valence-corrected chi connectivity index (χ0v) is 18.8. The number of hydrogen-bond donors (Lipinski definition) is 1. The van der Waals surface area contributed by atoms with Gasteiger partial charge in [0, 0.05) is 12.7 Å². The SMILES string of the molecule is COc1ccc(C(C)(C)C)cc1S(=O)(=O)N1CCCC1c1ncc(C(N)=O)c(C)n1. The van der Waals surface area contributed by atoms with E-state index < -0.39 is 22.0 Å². The Morgan fingerprint density at radius 2 is 2.00 bits per heavy atom. The molecule has 0 spiro atoms. The summed E-state index contributed by atoms with van der Waals surface area (Å²) < 4.78 is 34.1. The minimum Gasteiger partial charge on any atom is -0.495 e. The summed E-state index contributed by atoms with van der Waals surface area (Å²) in [5, 5.41) is 0. The lowest BCUT2D eigenvalue weighted by molar-refractivity contribution is 0.0998. The van der Waals surface area contributed by atoms with Crippen molar-refractivity contribution in [2.24, 2.45) is 5.73 Å². The van der Waals surface area contributed by atoms with Crippen LogP contribution in [0.5, 0.6) is 5.75 Å². The number of ether oxygens (including phenoxy) is 1. The average Bonchev–Trinajstić information content (AvgIpc) is 3.17. The van der Waals surface area contributed by atoms with Gasteiger partial charge in [-0.3, -0.25) is 4.79 Å². The maximum Gasteiger partial charge on any atom is 0.252 e. The summed E-state index contributed by atoms with van der Waals surface area (Å²) in [5.41, 5.74) is 6.68. The molecule has 2 heterocycles. The van der Waals surface area contributed by atoms with E-state index in [1.54, 1.807) is 19.1 Å². The molecule has 1 aromatic heterocycles. The molecule has 1 aliphatic heterocycles. The second kappa shape index (κ2) is 7.96. The number of amides is 1. The molecule has 1 aromatic carbocycles. The van der Waals surface area contributed by atoms with Gasteiger partial charge >= 0.3 is 0 Å². The van der Waals surface area contributed by atoms with Gasteiger partial charge in [0.1, 0.15) is 16.5 Å². The van der Waals surface area contributed by atoms with Gasteiger partial charge in [-0.15, -0.1) is 0 Å². The fourth-order valence-corrected chi connectivity index (χ4v) is 5.48. The van der Waals surface area contributed by atoms with Crippen molar-refractivity contribution in [3.63, 3.8) is 0 Å². The van der Waals surface area contributed by atoms with Crippen LogP contribution in [0.2, 0.25) is 0 Å². The number of carbonyl (C=O) groups is 1. The molecule has 1 amide bonds. The van der Waals surface area contributed by atoms with Crippen molar-refractivity contribution in [2.45, 2.75) is 56.9 Å². The highest BCUT2D eigenvalue weighted by Crippen LogP contribution is 2.39. The number of carbonyl (C=O) groups excluding carboxylic acids is 1. The number of benzene rings is 1. The molecule has 0 radical (unpaired) electrons. The van der Waals surface area contributed by atoms with Gasteiger partial charge in [0.05, 0.1) is 24.4 Å². The van der Waals surface area contributed by atoms with Gasteiger partial charge in [0.15, 0.2) is 0 Å². The lowest BCUT2D eigenvalue weighted by Gasteiger charge is -2.26. The van der Waals surface area contributed by atoms with Crippen LogP contribution in [0.25, 0.3) is 0 Å². The van der Waals surface area contributed by atoms with Crippen LogP contribution in [-0.4, -0.2) is 42.3 Å². The quantitative estimate of drug-likeness (QED) is 0.777. The second-order valence-corrected chi connectivity index (χ2v) is 10.3. The third kappa shape index (κ3) is 4.04. The van der Waals surface area contributed by atoms with Crippen LogP contribution in [0.1, 0.15) is 67.1 Å². The van der Waals surface area contributed by atoms with E-state index in [1.165, 1.54) is 17.6 Å². The lowest BCUT2D eigenvalue weighted by Crippen LogP contribution is -2.32. The number of aryl methyl sites for hydroxylation is 1. The van der Waals surface area contributed by atoms with Crippen molar-refractivity contribution in [3.05, 3.63) is 47.0 Å². The average molecular weight is 433 g/mol. The number of nitrogens with two attached hydrogens (primary N) is 1. The topological polar surface area (TPSA) is 115 Å². The fourth-order valence-electron chi connectivity index (χ4n) is 3.64. The molecule has 1 aliphatic rings. The van der Waals surface area contributed by atoms with E-state index in [4.69, 9.17) is 10.5 Å². The van der Waals surface area contributed by atoms with Gasteiger partial charge in [-0.05, 0) is 42.9 Å². The van der Waals surface area contributed by atoms with Gasteiger partial charge in [0.2, 0.25) is 10.0 Å². The second-order valence-electron chi connectivity index (χ2n) is 8.48. The van der Waals surface area contributed by atoms with Crippen molar-refractivity contribution < 1.29 is 17.9 Å². The summed E-state index contributed by atoms with van der Waals surface area (Å²) in [4.78, 5) is 20.2. The van der Waals surface area contributed by atoms with Crippen LogP contribution in [0, 0.1) is 6.92 Å². The molecule has 3 rings (SSSR count). The predicted molar refractivity (Wildman–Crippen MR) is 113 cm³/mol. The van der Waals surface area contributed by atoms with Crippen molar-refractivity contribution in [2.75, 3.05) is 13.7 Å². The fraction of sp³-hybridized carbons (Fsp3) is 0.476. The lowest BCUT2D eigenvalue weighted by atomic mass is 9.87. The van der Waals surface area contributed by atoms with Crippen LogP contribution >= 0.6 is 0 Å². The zero-order chi connectivity index (χ0) is 22.3. The number of primary amides is 1. The molecule has 1 atom stereocenters. The van der Waals surface area contributed by atoms with Crippen LogP contribution < -0.4 is 10.5 Å². The Hall–Kier alpha value is -2.52. The van der Waals surface area contributed by atoms with Gasteiger partial charge in [0.25, 0.3) is 5.91 Å². The van der Waals surface area contributed by atoms with E-state index in [0.717, 1.165) is 5.56 Å². The Bertz CT molecular complexity index is 1080. The number of aromatic nitrogens is 2. The summed E-state index contributed by atoms with van der Waals surface area (Å²) in [6, 6.07) is 4.75. The molecule has 162 valence electrons. The zero-order valence-electron chi connectivity index (χ0n) is 18.0. The maximum atomic E-state index is 13.7. The predicted octanol–water partition coefficient (Wildman–Crippen LogP) is 2.72. The molecule has 0 saturated carbocycles. The monoisotopic (exact) mass is 432 g/mol. The van der Waals surface area contributed by atoms with Gasteiger partial charge in [-0.25, -0.2) is 18.4 Å². The number of hydrogen-bond acceptors (Lipinski definition) is 6. The summed E-state index contributed by atoms with van der Waals surface area (Å²) in [5.74, 6) is 0.0537. The highest BCUT2D eigenvalue weighted by molar-refractivity contribution is 7.89. The largest absolute Gasteiger partial charge is 0.495 e. The summed E-state index contributed by atoms with van der Waals surface area (Å²) in [6.45, 7) is 8.10. The standard InChI is InChI=1S/C21H28N4O4S/c1-13-15(19(22)26)12-23-20(24-13)16-7-6-10-25(16)30(27,28)18-11-14(21(2,3)4)8-9-17(18)29-5/h8-9,11-12,16H,6-7,10H2,1-5H3,(H2,22,26). The summed E-state index contributed by atoms with van der Waals surface area (Å²) in [6.07, 6.45) is 2.64. The van der Waals surface area contributed by atoms with Crippen LogP contribution in [0.3, 0.4) is 0 Å². The van der Waals surface area contributed by atoms with E-state index >= 15 is 0 Å². The first-order valence-corrected chi connectivity index (χ1v) is 11.2. The molecule has 1 saturated heterocycles. The van der Waals surface area contributed by atoms with Crippen molar-refractivity contribution in [1.82, 2.24) is 14.3 Å². The van der Waals surface area contributed by atoms with E-state index in [2.05, 4.69) is 9.97 Å². The van der Waals surface area contributed by atoms with Crippen LogP contribution in [0.15, 0.2) is 29.3 Å².